The van der Waals surface area contributed by atoms with Gasteiger partial charge in [0.1, 0.15) is 5.76 Å². The van der Waals surface area contributed by atoms with Gasteiger partial charge in [-0.15, -0.1) is 0 Å². The smallest absolute Gasteiger partial charge is 0.318 e. The summed E-state index contributed by atoms with van der Waals surface area (Å²) < 4.78 is 5.38. The zero-order valence-electron chi connectivity index (χ0n) is 10.7. The Kier molecular flexibility index (Phi) is 4.55. The van der Waals surface area contributed by atoms with Gasteiger partial charge in [0.15, 0.2) is 0 Å². The molecule has 0 heterocycles. The molecule has 0 bridgehead atoms. The van der Waals surface area contributed by atoms with E-state index in [-0.39, 0.29) is 17.8 Å². The lowest BCUT2D eigenvalue weighted by atomic mass is 10.0. The number of ether oxygens (including phenoxy) is 1. The van der Waals surface area contributed by atoms with Gasteiger partial charge in [-0.3, -0.25) is 9.59 Å². The van der Waals surface area contributed by atoms with Gasteiger partial charge < -0.3 is 9.84 Å². The molecule has 2 unspecified atom stereocenters. The minimum Gasteiger partial charge on any atom is -0.481 e. The van der Waals surface area contributed by atoms with Gasteiger partial charge >= 0.3 is 11.9 Å². The highest BCUT2D eigenvalue weighted by Gasteiger charge is 2.23. The number of aliphatic carboxylic acids is 1. The van der Waals surface area contributed by atoms with Crippen molar-refractivity contribution in [1.29, 1.82) is 0 Å². The van der Waals surface area contributed by atoms with E-state index in [0.29, 0.717) is 37.9 Å². The van der Waals surface area contributed by atoms with Crippen LogP contribution in [-0.4, -0.2) is 17.0 Å². The molecule has 0 aliphatic heterocycles. The van der Waals surface area contributed by atoms with Crippen LogP contribution in [0.15, 0.2) is 36.1 Å². The normalized spacial score (nSPS) is 26.4. The third-order valence-electron chi connectivity index (χ3n) is 3.49. The van der Waals surface area contributed by atoms with Crippen LogP contribution in [0.4, 0.5) is 0 Å². The molecule has 0 saturated carbocycles. The van der Waals surface area contributed by atoms with Gasteiger partial charge in [0.2, 0.25) is 0 Å². The second-order valence-corrected chi connectivity index (χ2v) is 4.90. The van der Waals surface area contributed by atoms with Crippen molar-refractivity contribution in [3.63, 3.8) is 0 Å². The highest BCUT2D eigenvalue weighted by molar-refractivity contribution is 5.76. The second kappa shape index (κ2) is 6.36. The van der Waals surface area contributed by atoms with Gasteiger partial charge in [-0.2, -0.15) is 0 Å². The minimum absolute atomic E-state index is 0.218. The standard InChI is InChI=1S/C15H18O4/c16-14(17)11-7-4-8-13(10-9-11)19-15(18)12-5-2-1-3-6-12/h1-3,5,8,11-12H,4,6-7,9-10H2,(H,16,17). The van der Waals surface area contributed by atoms with Crippen LogP contribution in [0, 0.1) is 11.8 Å². The molecule has 2 rings (SSSR count). The summed E-state index contributed by atoms with van der Waals surface area (Å²) in [5.74, 6) is -0.937. The van der Waals surface area contributed by atoms with Gasteiger partial charge in [-0.1, -0.05) is 24.3 Å². The summed E-state index contributed by atoms with van der Waals surface area (Å²) >= 11 is 0. The number of carboxylic acid groups (broad SMARTS) is 1. The third-order valence-corrected chi connectivity index (χ3v) is 3.49. The first-order chi connectivity index (χ1) is 9.16. The van der Waals surface area contributed by atoms with E-state index in [4.69, 9.17) is 9.84 Å². The third kappa shape index (κ3) is 3.81. The molecule has 0 fully saturated rings. The fourth-order valence-electron chi connectivity index (χ4n) is 2.31. The Bertz CT molecular complexity index is 445. The van der Waals surface area contributed by atoms with Crippen LogP contribution in [0.5, 0.6) is 0 Å². The number of hydrogen-bond donors (Lipinski definition) is 1. The number of carboxylic acids is 1. The van der Waals surface area contributed by atoms with Crippen molar-refractivity contribution in [1.82, 2.24) is 0 Å². The van der Waals surface area contributed by atoms with Crippen LogP contribution >= 0.6 is 0 Å². The molecule has 0 aromatic heterocycles. The molecule has 2 aliphatic carbocycles. The van der Waals surface area contributed by atoms with E-state index in [0.717, 1.165) is 0 Å². The predicted molar refractivity (Wildman–Crippen MR) is 70.2 cm³/mol. The number of esters is 1. The quantitative estimate of drug-likeness (QED) is 0.794. The summed E-state index contributed by atoms with van der Waals surface area (Å²) in [6, 6.07) is 0. The Morgan fingerprint density at radius 1 is 1.26 bits per heavy atom. The van der Waals surface area contributed by atoms with Crippen molar-refractivity contribution in [3.8, 4) is 0 Å². The first kappa shape index (κ1) is 13.6. The SMILES string of the molecule is O=C(OC1=CCCC(C(=O)O)CC1)C1C=CC=CC1. The summed E-state index contributed by atoms with van der Waals surface area (Å²) in [6.07, 6.45) is 12.4. The fraction of sp³-hybridized carbons (Fsp3) is 0.467. The molecule has 2 aliphatic rings. The summed E-state index contributed by atoms with van der Waals surface area (Å²) in [5, 5.41) is 8.99. The van der Waals surface area contributed by atoms with E-state index in [1.165, 1.54) is 0 Å². The molecule has 0 radical (unpaired) electrons. The maximum Gasteiger partial charge on any atom is 0.318 e. The molecule has 0 aromatic carbocycles. The van der Waals surface area contributed by atoms with Crippen LogP contribution in [0.2, 0.25) is 0 Å². The maximum atomic E-state index is 11.9. The summed E-state index contributed by atoms with van der Waals surface area (Å²) in [7, 11) is 0. The maximum absolute atomic E-state index is 11.9. The number of rotatable bonds is 3. The van der Waals surface area contributed by atoms with E-state index in [2.05, 4.69) is 0 Å². The van der Waals surface area contributed by atoms with Crippen LogP contribution in [0.25, 0.3) is 0 Å². The van der Waals surface area contributed by atoms with Crippen molar-refractivity contribution in [2.24, 2.45) is 11.8 Å². The van der Waals surface area contributed by atoms with Crippen LogP contribution in [-0.2, 0) is 14.3 Å². The van der Waals surface area contributed by atoms with E-state index in [1.807, 2.05) is 30.4 Å². The highest BCUT2D eigenvalue weighted by atomic mass is 16.5. The van der Waals surface area contributed by atoms with Crippen molar-refractivity contribution in [3.05, 3.63) is 36.1 Å². The minimum atomic E-state index is -0.763. The summed E-state index contributed by atoms with van der Waals surface area (Å²) in [5.41, 5.74) is 0. The Morgan fingerprint density at radius 3 is 2.79 bits per heavy atom. The molecule has 0 saturated heterocycles. The average Bonchev–Trinajstić information content (AvgIpc) is 2.65. The number of carbonyl (C=O) groups is 2. The van der Waals surface area contributed by atoms with Crippen LogP contribution in [0.1, 0.15) is 32.1 Å². The lowest BCUT2D eigenvalue weighted by Gasteiger charge is -2.14. The molecule has 4 heteroatoms. The Morgan fingerprint density at radius 2 is 2.11 bits per heavy atom. The lowest BCUT2D eigenvalue weighted by Crippen LogP contribution is -2.16. The fourth-order valence-corrected chi connectivity index (χ4v) is 2.31. The van der Waals surface area contributed by atoms with Gasteiger partial charge in [0.25, 0.3) is 0 Å². The Balaban J connectivity index is 1.87. The Labute approximate surface area is 112 Å². The van der Waals surface area contributed by atoms with Crippen molar-refractivity contribution in [2.45, 2.75) is 32.1 Å². The number of carbonyl (C=O) groups excluding carboxylic acids is 1. The zero-order chi connectivity index (χ0) is 13.7. The average molecular weight is 262 g/mol. The lowest BCUT2D eigenvalue weighted by molar-refractivity contribution is -0.142. The first-order valence-electron chi connectivity index (χ1n) is 6.63. The molecule has 4 nitrogen and oxygen atoms in total. The predicted octanol–water partition coefficient (Wildman–Crippen LogP) is 2.82. The number of allylic oxidation sites excluding steroid dienone is 5. The highest BCUT2D eigenvalue weighted by Crippen LogP contribution is 2.25. The monoisotopic (exact) mass is 262 g/mol. The van der Waals surface area contributed by atoms with Crippen molar-refractivity contribution in [2.75, 3.05) is 0 Å². The van der Waals surface area contributed by atoms with E-state index < -0.39 is 5.97 Å². The molecule has 2 atom stereocenters. The van der Waals surface area contributed by atoms with Crippen molar-refractivity contribution >= 4 is 11.9 Å². The van der Waals surface area contributed by atoms with E-state index in [9.17, 15) is 9.59 Å². The summed E-state index contributed by atoms with van der Waals surface area (Å²) in [6.45, 7) is 0. The zero-order valence-corrected chi connectivity index (χ0v) is 10.7. The van der Waals surface area contributed by atoms with E-state index in [1.54, 1.807) is 0 Å². The largest absolute Gasteiger partial charge is 0.481 e. The molecule has 19 heavy (non-hydrogen) atoms. The molecule has 1 N–H and O–H groups in total. The molecule has 0 aromatic rings. The molecular weight excluding hydrogens is 244 g/mol. The van der Waals surface area contributed by atoms with Gasteiger partial charge in [0.05, 0.1) is 11.8 Å². The van der Waals surface area contributed by atoms with Crippen molar-refractivity contribution < 1.29 is 19.4 Å². The first-order valence-corrected chi connectivity index (χ1v) is 6.63. The van der Waals surface area contributed by atoms with Crippen LogP contribution < -0.4 is 0 Å². The topological polar surface area (TPSA) is 63.6 Å². The molecular formula is C15H18O4. The van der Waals surface area contributed by atoms with Crippen LogP contribution in [0.3, 0.4) is 0 Å². The van der Waals surface area contributed by atoms with Gasteiger partial charge in [-0.25, -0.2) is 0 Å². The second-order valence-electron chi connectivity index (χ2n) is 4.90. The molecule has 102 valence electrons. The Hall–Kier alpha value is -1.84. The molecule has 0 amide bonds. The number of hydrogen-bond acceptors (Lipinski definition) is 3. The van der Waals surface area contributed by atoms with Gasteiger partial charge in [-0.05, 0) is 31.8 Å². The van der Waals surface area contributed by atoms with E-state index >= 15 is 0 Å². The molecule has 0 spiro atoms. The van der Waals surface area contributed by atoms with Gasteiger partial charge in [0, 0.05) is 6.42 Å². The summed E-state index contributed by atoms with van der Waals surface area (Å²) in [4.78, 5) is 22.9.